The SMILES string of the molecule is COC[S+]=O. The van der Waals surface area contributed by atoms with Crippen LogP contribution in [0.5, 0.6) is 0 Å². The van der Waals surface area contributed by atoms with Crippen LogP contribution >= 0.6 is 0 Å². The summed E-state index contributed by atoms with van der Waals surface area (Å²) >= 11 is 0.429. The van der Waals surface area contributed by atoms with Crippen molar-refractivity contribution in [1.29, 1.82) is 0 Å². The van der Waals surface area contributed by atoms with Crippen LogP contribution < -0.4 is 0 Å². The first-order chi connectivity index (χ1) is 2.41. The van der Waals surface area contributed by atoms with Crippen molar-refractivity contribution < 1.29 is 8.95 Å². The average Bonchev–Trinajstić information content (AvgIpc) is 1.41. The quantitative estimate of drug-likeness (QED) is 0.355. The molecular formula is C2H5O2S+. The summed E-state index contributed by atoms with van der Waals surface area (Å²) in [6.45, 7) is 0. The molecule has 0 spiro atoms. The van der Waals surface area contributed by atoms with Gasteiger partial charge in [-0.2, -0.15) is 0 Å². The lowest BCUT2D eigenvalue weighted by atomic mass is 11.5. The molecule has 0 aromatic rings. The van der Waals surface area contributed by atoms with Gasteiger partial charge in [0.2, 0.25) is 0 Å². The summed E-state index contributed by atoms with van der Waals surface area (Å²) in [6, 6.07) is 0. The van der Waals surface area contributed by atoms with E-state index in [1.807, 2.05) is 0 Å². The molecule has 0 aromatic heterocycles. The molecule has 0 atom stereocenters. The Bertz CT molecular complexity index is 28.8. The van der Waals surface area contributed by atoms with Crippen LogP contribution in [0.4, 0.5) is 0 Å². The summed E-state index contributed by atoms with van der Waals surface area (Å²) in [6.07, 6.45) is 0. The standard InChI is InChI=1S/C2H5O2S/c1-4-2-5-3/h2H2,1H3/q+1. The predicted octanol–water partition coefficient (Wildman–Crippen LogP) is 0.0184. The fourth-order valence-corrected chi connectivity index (χ4v) is 0.144. The van der Waals surface area contributed by atoms with Crippen molar-refractivity contribution in [3.63, 3.8) is 0 Å². The first kappa shape index (κ1) is 4.98. The Kier molecular flexibility index (Phi) is 3.96. The molecule has 0 aliphatic heterocycles. The second-order valence-electron chi connectivity index (χ2n) is 0.524. The van der Waals surface area contributed by atoms with Gasteiger partial charge in [0.25, 0.3) is 0 Å². The van der Waals surface area contributed by atoms with E-state index >= 15 is 0 Å². The summed E-state index contributed by atoms with van der Waals surface area (Å²) in [4.78, 5) is 0. The molecular weight excluding hydrogens is 88.1 g/mol. The van der Waals surface area contributed by atoms with Crippen molar-refractivity contribution in [2.75, 3.05) is 13.0 Å². The van der Waals surface area contributed by atoms with Crippen LogP contribution in [0.2, 0.25) is 0 Å². The van der Waals surface area contributed by atoms with E-state index in [0.717, 1.165) is 0 Å². The Labute approximate surface area is 34.6 Å². The van der Waals surface area contributed by atoms with Crippen molar-refractivity contribution >= 4 is 11.7 Å². The van der Waals surface area contributed by atoms with Gasteiger partial charge in [-0.3, -0.25) is 0 Å². The molecule has 2 nitrogen and oxygen atoms in total. The van der Waals surface area contributed by atoms with Gasteiger partial charge in [0, 0.05) is 11.3 Å². The number of methoxy groups -OCH3 is 1. The first-order valence-electron chi connectivity index (χ1n) is 1.15. The van der Waals surface area contributed by atoms with Crippen LogP contribution in [0.25, 0.3) is 0 Å². The van der Waals surface area contributed by atoms with Gasteiger partial charge < -0.3 is 4.74 Å². The van der Waals surface area contributed by atoms with Crippen molar-refractivity contribution in [3.8, 4) is 0 Å². The minimum absolute atomic E-state index is 0.250. The second kappa shape index (κ2) is 3.98. The molecule has 0 amide bonds. The Morgan fingerprint density at radius 2 is 2.60 bits per heavy atom. The maximum Gasteiger partial charge on any atom is 0.489 e. The molecule has 0 fully saturated rings. The molecule has 0 saturated heterocycles. The van der Waals surface area contributed by atoms with Crippen molar-refractivity contribution in [1.82, 2.24) is 0 Å². The lowest BCUT2D eigenvalue weighted by Crippen LogP contribution is -1.79. The summed E-state index contributed by atoms with van der Waals surface area (Å²) in [5.41, 5.74) is 0. The zero-order valence-electron chi connectivity index (χ0n) is 2.93. The van der Waals surface area contributed by atoms with Gasteiger partial charge in [0.05, 0.1) is 0 Å². The number of hydrogen-bond donors (Lipinski definition) is 0. The third-order valence-electron chi connectivity index (χ3n) is 0.166. The number of ether oxygens (including phenoxy) is 1. The van der Waals surface area contributed by atoms with Gasteiger partial charge >= 0.3 is 17.6 Å². The van der Waals surface area contributed by atoms with E-state index in [9.17, 15) is 4.21 Å². The summed E-state index contributed by atoms with van der Waals surface area (Å²) in [7, 11) is 1.49. The van der Waals surface area contributed by atoms with Crippen LogP contribution in [0, 0.1) is 0 Å². The van der Waals surface area contributed by atoms with E-state index in [0.29, 0.717) is 11.7 Å². The lowest BCUT2D eigenvalue weighted by molar-refractivity contribution is 0.256. The first-order valence-corrected chi connectivity index (χ1v) is 2.06. The molecule has 0 aliphatic carbocycles. The molecule has 0 heterocycles. The Balaban J connectivity index is 2.40. The van der Waals surface area contributed by atoms with Gasteiger partial charge in [-0.15, -0.1) is 0 Å². The Hall–Kier alpha value is -0.0200. The molecule has 5 heavy (non-hydrogen) atoms. The Morgan fingerprint density at radius 3 is 2.60 bits per heavy atom. The largest absolute Gasteiger partial charge is 0.489 e. The van der Waals surface area contributed by atoms with Crippen molar-refractivity contribution in [3.05, 3.63) is 0 Å². The van der Waals surface area contributed by atoms with E-state index in [4.69, 9.17) is 0 Å². The van der Waals surface area contributed by atoms with E-state index < -0.39 is 0 Å². The molecule has 0 radical (unpaired) electrons. The highest BCUT2D eigenvalue weighted by atomic mass is 32.1. The van der Waals surface area contributed by atoms with Crippen LogP contribution in [0.15, 0.2) is 0 Å². The molecule has 0 saturated carbocycles. The third kappa shape index (κ3) is 3.98. The minimum Gasteiger partial charge on any atom is -0.329 e. The number of hydrogen-bond acceptors (Lipinski definition) is 2. The molecule has 0 bridgehead atoms. The summed E-state index contributed by atoms with van der Waals surface area (Å²) < 4.78 is 13.7. The molecule has 3 heteroatoms. The lowest BCUT2D eigenvalue weighted by Gasteiger charge is -1.63. The van der Waals surface area contributed by atoms with E-state index in [2.05, 4.69) is 4.74 Å². The molecule has 0 aliphatic rings. The third-order valence-corrected chi connectivity index (χ3v) is 0.498. The van der Waals surface area contributed by atoms with Gasteiger partial charge in [-0.25, -0.2) is 0 Å². The van der Waals surface area contributed by atoms with Gasteiger partial charge in [0.15, 0.2) is 0 Å². The van der Waals surface area contributed by atoms with Crippen molar-refractivity contribution in [2.24, 2.45) is 0 Å². The van der Waals surface area contributed by atoms with Gasteiger partial charge in [-0.05, 0) is 0 Å². The summed E-state index contributed by atoms with van der Waals surface area (Å²) in [5.74, 6) is 0.250. The maximum atomic E-state index is 9.32. The fourth-order valence-electron chi connectivity index (χ4n) is 0.0481. The van der Waals surface area contributed by atoms with Crippen LogP contribution in [0.1, 0.15) is 0 Å². The molecule has 0 aromatic carbocycles. The summed E-state index contributed by atoms with van der Waals surface area (Å²) in [5, 5.41) is 0. The normalized spacial score (nSPS) is 7.40. The van der Waals surface area contributed by atoms with E-state index in [-0.39, 0.29) is 5.94 Å². The topological polar surface area (TPSA) is 26.3 Å². The fraction of sp³-hybridized carbons (Fsp3) is 1.00. The van der Waals surface area contributed by atoms with Crippen LogP contribution in [-0.4, -0.2) is 13.0 Å². The van der Waals surface area contributed by atoms with E-state index in [1.165, 1.54) is 7.11 Å². The van der Waals surface area contributed by atoms with Gasteiger partial charge in [-0.1, -0.05) is 0 Å². The highest BCUT2D eigenvalue weighted by molar-refractivity contribution is 7.65. The smallest absolute Gasteiger partial charge is 0.329 e. The molecule has 30 valence electrons. The zero-order valence-corrected chi connectivity index (χ0v) is 3.75. The number of rotatable bonds is 2. The second-order valence-corrected chi connectivity index (χ2v) is 0.996. The monoisotopic (exact) mass is 93.0 g/mol. The van der Waals surface area contributed by atoms with Crippen LogP contribution in [0.3, 0.4) is 0 Å². The molecule has 0 rings (SSSR count). The molecule has 0 N–H and O–H groups in total. The predicted molar refractivity (Wildman–Crippen MR) is 19.9 cm³/mol. The highest BCUT2D eigenvalue weighted by Crippen LogP contribution is 1.55. The molecule has 0 unspecified atom stereocenters. The average molecular weight is 93.1 g/mol. The zero-order chi connectivity index (χ0) is 4.12. The van der Waals surface area contributed by atoms with Gasteiger partial charge in [0.1, 0.15) is 0 Å². The van der Waals surface area contributed by atoms with Crippen molar-refractivity contribution in [2.45, 2.75) is 0 Å². The minimum atomic E-state index is 0.250. The maximum absolute atomic E-state index is 9.32. The Morgan fingerprint density at radius 1 is 2.00 bits per heavy atom. The van der Waals surface area contributed by atoms with Crippen LogP contribution in [-0.2, 0) is 20.6 Å². The van der Waals surface area contributed by atoms with E-state index in [1.54, 1.807) is 0 Å². The highest BCUT2D eigenvalue weighted by Gasteiger charge is 1.86.